The molecule has 1 heterocycles. The molecule has 0 bridgehead atoms. The second kappa shape index (κ2) is 10.3. The zero-order chi connectivity index (χ0) is 18.4. The van der Waals surface area contributed by atoms with E-state index in [-0.39, 0.29) is 23.2 Å². The Kier molecular flexibility index (Phi) is 9.03. The fourth-order valence-electron chi connectivity index (χ4n) is 3.13. The summed E-state index contributed by atoms with van der Waals surface area (Å²) in [7, 11) is -1.74. The van der Waals surface area contributed by atoms with Crippen LogP contribution in [0.3, 0.4) is 0 Å². The molecule has 0 spiro atoms. The van der Waals surface area contributed by atoms with Gasteiger partial charge in [0.25, 0.3) is 0 Å². The van der Waals surface area contributed by atoms with Gasteiger partial charge in [-0.3, -0.25) is 4.79 Å². The number of amides is 1. The highest BCUT2D eigenvalue weighted by atomic mass is 35.5. The van der Waals surface area contributed by atoms with Gasteiger partial charge in [0, 0.05) is 13.1 Å². The van der Waals surface area contributed by atoms with Gasteiger partial charge in [-0.25, -0.2) is 8.42 Å². The van der Waals surface area contributed by atoms with Crippen molar-refractivity contribution < 1.29 is 13.2 Å². The van der Waals surface area contributed by atoms with Crippen molar-refractivity contribution in [3.63, 3.8) is 0 Å². The van der Waals surface area contributed by atoms with Crippen LogP contribution in [-0.2, 0) is 14.8 Å². The SMILES string of the molecule is CNCCC1CCN(C(=O)C(C)NS(=O)(=O)c2ccc(C)cc2)CC1.Cl. The number of halogens is 1. The molecule has 1 aliphatic rings. The van der Waals surface area contributed by atoms with Gasteiger partial charge in [0.2, 0.25) is 15.9 Å². The molecule has 2 N–H and O–H groups in total. The zero-order valence-corrected chi connectivity index (χ0v) is 17.3. The molecule has 6 nitrogen and oxygen atoms in total. The van der Waals surface area contributed by atoms with E-state index in [0.717, 1.165) is 31.4 Å². The molecule has 1 amide bonds. The molecule has 1 atom stereocenters. The fraction of sp³-hybridized carbons (Fsp3) is 0.611. The first-order valence-corrected chi connectivity index (χ1v) is 10.3. The second-order valence-corrected chi connectivity index (χ2v) is 8.53. The molecule has 1 unspecified atom stereocenters. The molecule has 2 rings (SSSR count). The van der Waals surface area contributed by atoms with Gasteiger partial charge in [-0.15, -0.1) is 12.4 Å². The predicted molar refractivity (Wildman–Crippen MR) is 106 cm³/mol. The number of rotatable bonds is 7. The van der Waals surface area contributed by atoms with Gasteiger partial charge in [-0.2, -0.15) is 4.72 Å². The lowest BCUT2D eigenvalue weighted by Crippen LogP contribution is -2.49. The van der Waals surface area contributed by atoms with Gasteiger partial charge in [-0.1, -0.05) is 17.7 Å². The number of likely N-dealkylation sites (tertiary alicyclic amines) is 1. The molecule has 1 aromatic carbocycles. The van der Waals surface area contributed by atoms with Crippen LogP contribution in [-0.4, -0.2) is 51.9 Å². The minimum absolute atomic E-state index is 0. The summed E-state index contributed by atoms with van der Waals surface area (Å²) in [5.74, 6) is 0.485. The molecule has 148 valence electrons. The number of benzene rings is 1. The van der Waals surface area contributed by atoms with Crippen LogP contribution in [0.15, 0.2) is 29.2 Å². The third-order valence-corrected chi connectivity index (χ3v) is 6.32. The second-order valence-electron chi connectivity index (χ2n) is 6.82. The first-order valence-electron chi connectivity index (χ1n) is 8.86. The van der Waals surface area contributed by atoms with Crippen molar-refractivity contribution in [3.05, 3.63) is 29.8 Å². The van der Waals surface area contributed by atoms with E-state index >= 15 is 0 Å². The lowest BCUT2D eigenvalue weighted by molar-refractivity contribution is -0.134. The Morgan fingerprint density at radius 3 is 2.35 bits per heavy atom. The smallest absolute Gasteiger partial charge is 0.241 e. The number of hydrogen-bond donors (Lipinski definition) is 2. The molecule has 1 aliphatic heterocycles. The normalized spacial score (nSPS) is 16.8. The van der Waals surface area contributed by atoms with Crippen LogP contribution in [0.25, 0.3) is 0 Å². The van der Waals surface area contributed by atoms with E-state index in [1.54, 1.807) is 36.1 Å². The van der Waals surface area contributed by atoms with Crippen LogP contribution in [0.2, 0.25) is 0 Å². The maximum atomic E-state index is 12.6. The number of carbonyl (C=O) groups is 1. The third-order valence-electron chi connectivity index (χ3n) is 4.76. The highest BCUT2D eigenvalue weighted by molar-refractivity contribution is 7.89. The van der Waals surface area contributed by atoms with E-state index in [1.807, 2.05) is 14.0 Å². The van der Waals surface area contributed by atoms with Crippen molar-refractivity contribution in [1.82, 2.24) is 14.9 Å². The summed E-state index contributed by atoms with van der Waals surface area (Å²) in [4.78, 5) is 14.5. The third kappa shape index (κ3) is 6.23. The van der Waals surface area contributed by atoms with Crippen LogP contribution in [0.4, 0.5) is 0 Å². The minimum Gasteiger partial charge on any atom is -0.341 e. The molecule has 0 aliphatic carbocycles. The van der Waals surface area contributed by atoms with Crippen LogP contribution >= 0.6 is 12.4 Å². The molecule has 0 saturated carbocycles. The Hall–Kier alpha value is -1.15. The quantitative estimate of drug-likeness (QED) is 0.729. The lowest BCUT2D eigenvalue weighted by atomic mass is 9.93. The number of nitrogens with one attached hydrogen (secondary N) is 2. The van der Waals surface area contributed by atoms with Gasteiger partial charge in [0.1, 0.15) is 0 Å². The van der Waals surface area contributed by atoms with Gasteiger partial charge in [-0.05, 0) is 64.8 Å². The first kappa shape index (κ1) is 22.9. The number of aryl methyl sites for hydroxylation is 1. The molecular weight excluding hydrogens is 374 g/mol. The van der Waals surface area contributed by atoms with E-state index in [4.69, 9.17) is 0 Å². The average Bonchev–Trinajstić information content (AvgIpc) is 2.59. The number of carbonyl (C=O) groups excluding carboxylic acids is 1. The van der Waals surface area contributed by atoms with Gasteiger partial charge >= 0.3 is 0 Å². The minimum atomic E-state index is -3.69. The molecule has 1 saturated heterocycles. The largest absolute Gasteiger partial charge is 0.341 e. The summed E-state index contributed by atoms with van der Waals surface area (Å²) in [6.07, 6.45) is 3.07. The molecular formula is C18H30ClN3O3S. The number of hydrogen-bond acceptors (Lipinski definition) is 4. The van der Waals surface area contributed by atoms with E-state index in [2.05, 4.69) is 10.0 Å². The van der Waals surface area contributed by atoms with E-state index in [9.17, 15) is 13.2 Å². The molecule has 1 aromatic rings. The predicted octanol–water partition coefficient (Wildman–Crippen LogP) is 1.93. The number of piperidine rings is 1. The van der Waals surface area contributed by atoms with Crippen molar-refractivity contribution >= 4 is 28.3 Å². The molecule has 26 heavy (non-hydrogen) atoms. The summed E-state index contributed by atoms with van der Waals surface area (Å²) in [6, 6.07) is 5.85. The van der Waals surface area contributed by atoms with Crippen molar-refractivity contribution in [1.29, 1.82) is 0 Å². The Morgan fingerprint density at radius 1 is 1.23 bits per heavy atom. The van der Waals surface area contributed by atoms with E-state index in [1.165, 1.54) is 0 Å². The Bertz CT molecular complexity index is 671. The lowest BCUT2D eigenvalue weighted by Gasteiger charge is -2.33. The van der Waals surface area contributed by atoms with Crippen molar-refractivity contribution in [3.8, 4) is 0 Å². The summed E-state index contributed by atoms with van der Waals surface area (Å²) < 4.78 is 27.4. The van der Waals surface area contributed by atoms with Crippen molar-refractivity contribution in [2.45, 2.75) is 44.0 Å². The monoisotopic (exact) mass is 403 g/mol. The van der Waals surface area contributed by atoms with Crippen LogP contribution < -0.4 is 10.0 Å². The maximum Gasteiger partial charge on any atom is 0.241 e. The maximum absolute atomic E-state index is 12.6. The molecule has 0 aromatic heterocycles. The van der Waals surface area contributed by atoms with Crippen molar-refractivity contribution in [2.24, 2.45) is 5.92 Å². The summed E-state index contributed by atoms with van der Waals surface area (Å²) in [6.45, 7) is 5.90. The fourth-order valence-corrected chi connectivity index (χ4v) is 4.33. The van der Waals surface area contributed by atoms with Gasteiger partial charge < -0.3 is 10.2 Å². The molecule has 1 fully saturated rings. The van der Waals surface area contributed by atoms with Crippen LogP contribution in [0.5, 0.6) is 0 Å². The first-order chi connectivity index (χ1) is 11.8. The summed E-state index contributed by atoms with van der Waals surface area (Å²) >= 11 is 0. The Morgan fingerprint density at radius 2 is 1.81 bits per heavy atom. The number of sulfonamides is 1. The van der Waals surface area contributed by atoms with Gasteiger partial charge in [0.15, 0.2) is 0 Å². The molecule has 8 heteroatoms. The van der Waals surface area contributed by atoms with Crippen molar-refractivity contribution in [2.75, 3.05) is 26.7 Å². The summed E-state index contributed by atoms with van der Waals surface area (Å²) in [5, 5.41) is 3.15. The molecule has 0 radical (unpaired) electrons. The standard InChI is InChI=1S/C18H29N3O3S.ClH/c1-14-4-6-17(7-5-14)25(23,24)20-15(2)18(22)21-12-9-16(10-13-21)8-11-19-3;/h4-7,15-16,19-20H,8-13H2,1-3H3;1H. The zero-order valence-electron chi connectivity index (χ0n) is 15.7. The summed E-state index contributed by atoms with van der Waals surface area (Å²) in [5.41, 5.74) is 0.990. The van der Waals surface area contributed by atoms with Crippen LogP contribution in [0.1, 0.15) is 31.7 Å². The van der Waals surface area contributed by atoms with E-state index in [0.29, 0.717) is 19.0 Å². The van der Waals surface area contributed by atoms with Gasteiger partial charge in [0.05, 0.1) is 10.9 Å². The highest BCUT2D eigenvalue weighted by Gasteiger charge is 2.28. The van der Waals surface area contributed by atoms with E-state index < -0.39 is 16.1 Å². The van der Waals surface area contributed by atoms with Crippen LogP contribution in [0, 0.1) is 12.8 Å². The number of nitrogens with zero attached hydrogens (tertiary/aromatic N) is 1. The topological polar surface area (TPSA) is 78.5 Å². The Balaban J connectivity index is 0.00000338. The average molecular weight is 404 g/mol. The Labute approximate surface area is 163 Å². The highest BCUT2D eigenvalue weighted by Crippen LogP contribution is 2.21.